The van der Waals surface area contributed by atoms with E-state index in [1.54, 1.807) is 0 Å². The molecule has 4 nitrogen and oxygen atoms in total. The Labute approximate surface area is 139 Å². The van der Waals surface area contributed by atoms with Crippen molar-refractivity contribution in [2.45, 2.75) is 26.8 Å². The molecule has 2 aromatic rings. The Kier molecular flexibility index (Phi) is 5.93. The molecular formula is C18H24N2O2S. The van der Waals surface area contributed by atoms with Gasteiger partial charge < -0.3 is 0 Å². The van der Waals surface area contributed by atoms with Gasteiger partial charge in [0.1, 0.15) is 0 Å². The van der Waals surface area contributed by atoms with Crippen LogP contribution < -0.4 is 4.72 Å². The standard InChI is InChI=1S/C18H24N2O2S/c1-4-20(5-2)23(21,22)19-15(3)16-11-13-18(14-12-16)17-9-7-6-8-10-17/h6-15,19H,4-5H2,1-3H3/t15-/m0/s1. The summed E-state index contributed by atoms with van der Waals surface area (Å²) in [5, 5.41) is 0. The van der Waals surface area contributed by atoms with E-state index in [2.05, 4.69) is 16.9 Å². The van der Waals surface area contributed by atoms with Gasteiger partial charge in [-0.2, -0.15) is 17.4 Å². The average molecular weight is 332 g/mol. The molecule has 0 unspecified atom stereocenters. The van der Waals surface area contributed by atoms with Crippen molar-refractivity contribution in [2.75, 3.05) is 13.1 Å². The van der Waals surface area contributed by atoms with Crippen LogP contribution in [0, 0.1) is 0 Å². The number of nitrogens with one attached hydrogen (secondary N) is 1. The predicted octanol–water partition coefficient (Wildman–Crippen LogP) is 3.59. The number of rotatable bonds is 7. The summed E-state index contributed by atoms with van der Waals surface area (Å²) >= 11 is 0. The second-order valence-electron chi connectivity index (χ2n) is 5.42. The van der Waals surface area contributed by atoms with Crippen LogP contribution in [0.3, 0.4) is 0 Å². The molecule has 0 spiro atoms. The number of nitrogens with zero attached hydrogens (tertiary/aromatic N) is 1. The SMILES string of the molecule is CCN(CC)S(=O)(=O)N[C@@H](C)c1ccc(-c2ccccc2)cc1. The first-order valence-corrected chi connectivity index (χ1v) is 9.34. The summed E-state index contributed by atoms with van der Waals surface area (Å²) in [7, 11) is -3.45. The molecular weight excluding hydrogens is 308 g/mol. The first-order valence-electron chi connectivity index (χ1n) is 7.90. The van der Waals surface area contributed by atoms with Crippen LogP contribution in [0.1, 0.15) is 32.4 Å². The predicted molar refractivity (Wildman–Crippen MR) is 95.3 cm³/mol. The monoisotopic (exact) mass is 332 g/mol. The zero-order valence-electron chi connectivity index (χ0n) is 13.9. The van der Waals surface area contributed by atoms with Gasteiger partial charge in [-0.05, 0) is 23.6 Å². The molecule has 0 saturated heterocycles. The molecule has 0 aliphatic heterocycles. The number of benzene rings is 2. The molecule has 23 heavy (non-hydrogen) atoms. The van der Waals surface area contributed by atoms with E-state index in [9.17, 15) is 8.42 Å². The summed E-state index contributed by atoms with van der Waals surface area (Å²) in [6.07, 6.45) is 0. The van der Waals surface area contributed by atoms with Gasteiger partial charge in [-0.3, -0.25) is 0 Å². The van der Waals surface area contributed by atoms with E-state index < -0.39 is 10.2 Å². The highest BCUT2D eigenvalue weighted by atomic mass is 32.2. The van der Waals surface area contributed by atoms with E-state index in [1.807, 2.05) is 63.2 Å². The molecule has 1 atom stereocenters. The maximum Gasteiger partial charge on any atom is 0.279 e. The third-order valence-electron chi connectivity index (χ3n) is 3.89. The molecule has 5 heteroatoms. The summed E-state index contributed by atoms with van der Waals surface area (Å²) < 4.78 is 28.7. The Morgan fingerprint density at radius 2 is 1.43 bits per heavy atom. The Hall–Kier alpha value is -1.69. The highest BCUT2D eigenvalue weighted by molar-refractivity contribution is 7.87. The lowest BCUT2D eigenvalue weighted by Crippen LogP contribution is -2.41. The molecule has 0 amide bonds. The van der Waals surface area contributed by atoms with Crippen LogP contribution in [0.15, 0.2) is 54.6 Å². The first-order chi connectivity index (χ1) is 11.0. The van der Waals surface area contributed by atoms with Crippen LogP contribution in [0.25, 0.3) is 11.1 Å². The van der Waals surface area contributed by atoms with Crippen molar-refractivity contribution in [3.05, 3.63) is 60.2 Å². The fourth-order valence-electron chi connectivity index (χ4n) is 2.52. The Balaban J connectivity index is 2.13. The van der Waals surface area contributed by atoms with Crippen LogP contribution in [0.5, 0.6) is 0 Å². The van der Waals surface area contributed by atoms with Crippen molar-refractivity contribution in [2.24, 2.45) is 0 Å². The molecule has 0 fully saturated rings. The normalized spacial score (nSPS) is 13.2. The zero-order valence-corrected chi connectivity index (χ0v) is 14.7. The molecule has 2 aromatic carbocycles. The summed E-state index contributed by atoms with van der Waals surface area (Å²) in [4.78, 5) is 0. The van der Waals surface area contributed by atoms with E-state index in [4.69, 9.17) is 0 Å². The van der Waals surface area contributed by atoms with Crippen molar-refractivity contribution >= 4 is 10.2 Å². The Morgan fingerprint density at radius 1 is 0.913 bits per heavy atom. The number of hydrogen-bond acceptors (Lipinski definition) is 2. The maximum atomic E-state index is 12.3. The second-order valence-corrected chi connectivity index (χ2v) is 7.12. The highest BCUT2D eigenvalue weighted by Crippen LogP contribution is 2.22. The topological polar surface area (TPSA) is 49.4 Å². The maximum absolute atomic E-state index is 12.3. The zero-order chi connectivity index (χ0) is 16.9. The van der Waals surface area contributed by atoms with Crippen molar-refractivity contribution in [1.29, 1.82) is 0 Å². The van der Waals surface area contributed by atoms with Crippen molar-refractivity contribution < 1.29 is 8.42 Å². The Bertz CT molecular complexity index is 708. The van der Waals surface area contributed by atoms with Gasteiger partial charge in [0.2, 0.25) is 0 Å². The molecule has 1 N–H and O–H groups in total. The van der Waals surface area contributed by atoms with Crippen LogP contribution in [-0.4, -0.2) is 25.8 Å². The minimum atomic E-state index is -3.45. The van der Waals surface area contributed by atoms with Gasteiger partial charge in [-0.25, -0.2) is 0 Å². The van der Waals surface area contributed by atoms with Crippen LogP contribution >= 0.6 is 0 Å². The molecule has 0 saturated carbocycles. The average Bonchev–Trinajstić information content (AvgIpc) is 2.56. The van der Waals surface area contributed by atoms with Gasteiger partial charge in [0.25, 0.3) is 10.2 Å². The van der Waals surface area contributed by atoms with Gasteiger partial charge in [-0.15, -0.1) is 0 Å². The fraction of sp³-hybridized carbons (Fsp3) is 0.333. The summed E-state index contributed by atoms with van der Waals surface area (Å²) in [6.45, 7) is 6.46. The summed E-state index contributed by atoms with van der Waals surface area (Å²) in [6, 6.07) is 17.8. The van der Waals surface area contributed by atoms with Crippen molar-refractivity contribution in [1.82, 2.24) is 9.03 Å². The van der Waals surface area contributed by atoms with E-state index in [0.29, 0.717) is 13.1 Å². The fourth-order valence-corrected chi connectivity index (χ4v) is 3.94. The first kappa shape index (κ1) is 17.7. The third kappa shape index (κ3) is 4.41. The van der Waals surface area contributed by atoms with Crippen LogP contribution in [-0.2, 0) is 10.2 Å². The van der Waals surface area contributed by atoms with E-state index >= 15 is 0 Å². The minimum Gasteiger partial charge on any atom is -0.195 e. The molecule has 0 bridgehead atoms. The molecule has 0 radical (unpaired) electrons. The van der Waals surface area contributed by atoms with Gasteiger partial charge in [0.15, 0.2) is 0 Å². The molecule has 2 rings (SSSR count). The smallest absolute Gasteiger partial charge is 0.195 e. The summed E-state index contributed by atoms with van der Waals surface area (Å²) in [5.74, 6) is 0. The van der Waals surface area contributed by atoms with Crippen LogP contribution in [0.4, 0.5) is 0 Å². The highest BCUT2D eigenvalue weighted by Gasteiger charge is 2.21. The largest absolute Gasteiger partial charge is 0.279 e. The summed E-state index contributed by atoms with van der Waals surface area (Å²) in [5.41, 5.74) is 3.21. The van der Waals surface area contributed by atoms with Crippen molar-refractivity contribution in [3.8, 4) is 11.1 Å². The molecule has 0 aliphatic rings. The molecule has 0 heterocycles. The molecule has 0 aliphatic carbocycles. The van der Waals surface area contributed by atoms with E-state index in [0.717, 1.165) is 16.7 Å². The lowest BCUT2D eigenvalue weighted by molar-refractivity contribution is 0.429. The van der Waals surface area contributed by atoms with Gasteiger partial charge >= 0.3 is 0 Å². The molecule has 0 aromatic heterocycles. The lowest BCUT2D eigenvalue weighted by Gasteiger charge is -2.22. The van der Waals surface area contributed by atoms with Gasteiger partial charge in [-0.1, -0.05) is 68.4 Å². The lowest BCUT2D eigenvalue weighted by atomic mass is 10.0. The van der Waals surface area contributed by atoms with E-state index in [1.165, 1.54) is 4.31 Å². The van der Waals surface area contributed by atoms with Gasteiger partial charge in [0, 0.05) is 19.1 Å². The van der Waals surface area contributed by atoms with Gasteiger partial charge in [0.05, 0.1) is 0 Å². The second kappa shape index (κ2) is 7.73. The van der Waals surface area contributed by atoms with Crippen molar-refractivity contribution in [3.63, 3.8) is 0 Å². The third-order valence-corrected chi connectivity index (χ3v) is 5.74. The molecule has 124 valence electrons. The minimum absolute atomic E-state index is 0.273. The number of hydrogen-bond donors (Lipinski definition) is 1. The Morgan fingerprint density at radius 3 is 1.96 bits per heavy atom. The van der Waals surface area contributed by atoms with Crippen LogP contribution in [0.2, 0.25) is 0 Å². The quantitative estimate of drug-likeness (QED) is 0.842. The van der Waals surface area contributed by atoms with E-state index in [-0.39, 0.29) is 6.04 Å².